The van der Waals surface area contributed by atoms with Crippen molar-refractivity contribution < 1.29 is 0 Å². The fraction of sp³-hybridized carbons (Fsp3) is 0.615. The molecule has 0 radical (unpaired) electrons. The van der Waals surface area contributed by atoms with E-state index in [-0.39, 0.29) is 5.41 Å². The summed E-state index contributed by atoms with van der Waals surface area (Å²) < 4.78 is 0. The molecule has 0 saturated carbocycles. The average Bonchev–Trinajstić information content (AvgIpc) is 2.81. The van der Waals surface area contributed by atoms with Crippen molar-refractivity contribution >= 4 is 0 Å². The first kappa shape index (κ1) is 11.6. The zero-order chi connectivity index (χ0) is 11.4. The van der Waals surface area contributed by atoms with Crippen molar-refractivity contribution in [3.05, 3.63) is 30.1 Å². The zero-order valence-electron chi connectivity index (χ0n) is 10.2. The molecule has 3 heteroatoms. The Hall–Kier alpha value is -0.930. The maximum Gasteiger partial charge on any atom is 0.0472 e. The Morgan fingerprint density at radius 3 is 3.00 bits per heavy atom. The second-order valence-corrected chi connectivity index (χ2v) is 5.17. The van der Waals surface area contributed by atoms with Crippen molar-refractivity contribution in [3.8, 4) is 0 Å². The Kier molecular flexibility index (Phi) is 3.56. The molecular weight excluding hydrogens is 198 g/mol. The van der Waals surface area contributed by atoms with Gasteiger partial charge < -0.3 is 10.6 Å². The number of hydrogen-bond donors (Lipinski definition) is 2. The molecule has 0 bridgehead atoms. The van der Waals surface area contributed by atoms with Crippen molar-refractivity contribution in [1.82, 2.24) is 15.6 Å². The highest BCUT2D eigenvalue weighted by Gasteiger charge is 2.24. The van der Waals surface area contributed by atoms with E-state index in [1.54, 1.807) is 0 Å². The Bertz CT molecular complexity index is 315. The quantitative estimate of drug-likeness (QED) is 0.801. The number of pyridine rings is 1. The summed E-state index contributed by atoms with van der Waals surface area (Å²) in [5.74, 6) is 0. The molecule has 0 aliphatic carbocycles. The summed E-state index contributed by atoms with van der Waals surface area (Å²) >= 11 is 0. The molecule has 1 aromatic heterocycles. The standard InChI is InChI=1S/C13H21N3/c1-13(2,12-5-3-4-7-15-12)10-16-11-6-8-14-9-11/h3-5,7,11,14,16H,6,8-10H2,1-2H3. The van der Waals surface area contributed by atoms with Crippen LogP contribution in [-0.2, 0) is 5.41 Å². The average molecular weight is 219 g/mol. The van der Waals surface area contributed by atoms with Crippen molar-refractivity contribution in [1.29, 1.82) is 0 Å². The molecule has 0 amide bonds. The smallest absolute Gasteiger partial charge is 0.0472 e. The fourth-order valence-electron chi connectivity index (χ4n) is 2.08. The second kappa shape index (κ2) is 4.93. The van der Waals surface area contributed by atoms with Crippen LogP contribution in [0.3, 0.4) is 0 Å². The normalized spacial score (nSPS) is 21.2. The highest BCUT2D eigenvalue weighted by molar-refractivity contribution is 5.15. The first-order valence-corrected chi connectivity index (χ1v) is 6.04. The van der Waals surface area contributed by atoms with Crippen LogP contribution in [0.5, 0.6) is 0 Å². The summed E-state index contributed by atoms with van der Waals surface area (Å²) in [4.78, 5) is 4.44. The molecule has 1 fully saturated rings. The van der Waals surface area contributed by atoms with E-state index in [0.717, 1.165) is 25.3 Å². The van der Waals surface area contributed by atoms with E-state index in [1.807, 2.05) is 12.3 Å². The largest absolute Gasteiger partial charge is 0.315 e. The van der Waals surface area contributed by atoms with Gasteiger partial charge in [-0.25, -0.2) is 0 Å². The molecule has 16 heavy (non-hydrogen) atoms. The van der Waals surface area contributed by atoms with Crippen LogP contribution in [0.2, 0.25) is 0 Å². The summed E-state index contributed by atoms with van der Waals surface area (Å²) in [5.41, 5.74) is 1.26. The minimum atomic E-state index is 0.101. The number of aromatic nitrogens is 1. The molecule has 0 aromatic carbocycles. The van der Waals surface area contributed by atoms with Gasteiger partial charge in [0.2, 0.25) is 0 Å². The summed E-state index contributed by atoms with van der Waals surface area (Å²) in [6.45, 7) is 7.70. The molecule has 0 spiro atoms. The van der Waals surface area contributed by atoms with Crippen LogP contribution < -0.4 is 10.6 Å². The van der Waals surface area contributed by atoms with Crippen LogP contribution in [0.15, 0.2) is 24.4 Å². The summed E-state index contributed by atoms with van der Waals surface area (Å²) in [7, 11) is 0. The topological polar surface area (TPSA) is 37.0 Å². The maximum atomic E-state index is 4.44. The lowest BCUT2D eigenvalue weighted by atomic mass is 9.88. The molecule has 1 aliphatic heterocycles. The molecule has 2 rings (SSSR count). The van der Waals surface area contributed by atoms with Crippen LogP contribution >= 0.6 is 0 Å². The molecule has 1 unspecified atom stereocenters. The van der Waals surface area contributed by atoms with E-state index in [0.29, 0.717) is 6.04 Å². The van der Waals surface area contributed by atoms with Crippen LogP contribution in [-0.4, -0.2) is 30.7 Å². The van der Waals surface area contributed by atoms with Gasteiger partial charge >= 0.3 is 0 Å². The minimum Gasteiger partial charge on any atom is -0.315 e. The first-order chi connectivity index (χ1) is 7.68. The van der Waals surface area contributed by atoms with Gasteiger partial charge in [0.15, 0.2) is 0 Å². The lowest BCUT2D eigenvalue weighted by molar-refractivity contribution is 0.420. The van der Waals surface area contributed by atoms with E-state index in [9.17, 15) is 0 Å². The first-order valence-electron chi connectivity index (χ1n) is 6.04. The third kappa shape index (κ3) is 2.80. The van der Waals surface area contributed by atoms with Gasteiger partial charge in [-0.15, -0.1) is 0 Å². The summed E-state index contributed by atoms with van der Waals surface area (Å²) in [5, 5.41) is 6.99. The summed E-state index contributed by atoms with van der Waals surface area (Å²) in [6.07, 6.45) is 3.10. The van der Waals surface area contributed by atoms with Crippen molar-refractivity contribution in [2.75, 3.05) is 19.6 Å². The van der Waals surface area contributed by atoms with Crippen LogP contribution in [0, 0.1) is 0 Å². The van der Waals surface area contributed by atoms with E-state index in [4.69, 9.17) is 0 Å². The lowest BCUT2D eigenvalue weighted by Crippen LogP contribution is -2.40. The van der Waals surface area contributed by atoms with Gasteiger partial charge in [0, 0.05) is 36.4 Å². The monoisotopic (exact) mass is 219 g/mol. The van der Waals surface area contributed by atoms with Gasteiger partial charge in [0.25, 0.3) is 0 Å². The number of hydrogen-bond acceptors (Lipinski definition) is 3. The Morgan fingerprint density at radius 2 is 2.38 bits per heavy atom. The second-order valence-electron chi connectivity index (χ2n) is 5.17. The molecular formula is C13H21N3. The van der Waals surface area contributed by atoms with Crippen LogP contribution in [0.4, 0.5) is 0 Å². The molecule has 1 atom stereocenters. The Balaban J connectivity index is 1.92. The third-order valence-corrected chi connectivity index (χ3v) is 3.25. The van der Waals surface area contributed by atoms with E-state index in [1.165, 1.54) is 6.42 Å². The van der Waals surface area contributed by atoms with Gasteiger partial charge in [0.1, 0.15) is 0 Å². The summed E-state index contributed by atoms with van der Waals surface area (Å²) in [6, 6.07) is 6.76. The predicted molar refractivity (Wildman–Crippen MR) is 66.5 cm³/mol. The van der Waals surface area contributed by atoms with Gasteiger partial charge in [-0.1, -0.05) is 19.9 Å². The van der Waals surface area contributed by atoms with Crippen molar-refractivity contribution in [2.24, 2.45) is 0 Å². The van der Waals surface area contributed by atoms with Gasteiger partial charge in [-0.2, -0.15) is 0 Å². The molecule has 1 aromatic rings. The fourth-order valence-corrected chi connectivity index (χ4v) is 2.08. The van der Waals surface area contributed by atoms with Gasteiger partial charge in [-0.05, 0) is 25.1 Å². The van der Waals surface area contributed by atoms with Crippen LogP contribution in [0.25, 0.3) is 0 Å². The molecule has 88 valence electrons. The Labute approximate surface area is 97.7 Å². The maximum absolute atomic E-state index is 4.44. The van der Waals surface area contributed by atoms with Crippen molar-refractivity contribution in [3.63, 3.8) is 0 Å². The zero-order valence-corrected chi connectivity index (χ0v) is 10.2. The third-order valence-electron chi connectivity index (χ3n) is 3.25. The molecule has 2 heterocycles. The molecule has 1 saturated heterocycles. The van der Waals surface area contributed by atoms with E-state index < -0.39 is 0 Å². The molecule has 2 N–H and O–H groups in total. The predicted octanol–water partition coefficient (Wildman–Crippen LogP) is 1.31. The Morgan fingerprint density at radius 1 is 1.50 bits per heavy atom. The van der Waals surface area contributed by atoms with E-state index in [2.05, 4.69) is 41.6 Å². The minimum absolute atomic E-state index is 0.101. The van der Waals surface area contributed by atoms with E-state index >= 15 is 0 Å². The highest BCUT2D eigenvalue weighted by atomic mass is 15.0. The SMILES string of the molecule is CC(C)(CNC1CCNC1)c1ccccn1. The van der Waals surface area contributed by atoms with Crippen LogP contribution in [0.1, 0.15) is 26.0 Å². The molecule has 1 aliphatic rings. The number of rotatable bonds is 4. The number of nitrogens with zero attached hydrogens (tertiary/aromatic N) is 1. The molecule has 3 nitrogen and oxygen atoms in total. The van der Waals surface area contributed by atoms with Gasteiger partial charge in [0.05, 0.1) is 0 Å². The van der Waals surface area contributed by atoms with Gasteiger partial charge in [-0.3, -0.25) is 4.98 Å². The lowest BCUT2D eigenvalue weighted by Gasteiger charge is -2.26. The number of nitrogens with one attached hydrogen (secondary N) is 2. The highest BCUT2D eigenvalue weighted by Crippen LogP contribution is 2.19. The van der Waals surface area contributed by atoms with Crippen molar-refractivity contribution in [2.45, 2.75) is 31.7 Å².